The van der Waals surface area contributed by atoms with E-state index in [4.69, 9.17) is 5.73 Å². The van der Waals surface area contributed by atoms with Gasteiger partial charge in [0.15, 0.2) is 5.16 Å². The summed E-state index contributed by atoms with van der Waals surface area (Å²) in [5, 5.41) is 13.0. The Morgan fingerprint density at radius 3 is 2.44 bits per heavy atom. The van der Waals surface area contributed by atoms with Gasteiger partial charge < -0.3 is 21.1 Å². The molecule has 174 valence electrons. The number of aliphatic carboxylic acids is 1. The Kier molecular flexibility index (Phi) is 7.56. The van der Waals surface area contributed by atoms with Crippen LogP contribution in [0.4, 0.5) is 0 Å². The molecule has 0 saturated carbocycles. The van der Waals surface area contributed by atoms with E-state index in [1.807, 2.05) is 66.7 Å². The molecule has 0 aliphatic carbocycles. The number of fused-ring (bicyclic) bond motifs is 1. The molecule has 4 rings (SSSR count). The van der Waals surface area contributed by atoms with Gasteiger partial charge in [-0.2, -0.15) is 0 Å². The van der Waals surface area contributed by atoms with Gasteiger partial charge in [0.05, 0.1) is 22.8 Å². The molecule has 0 saturated heterocycles. The Labute approximate surface area is 201 Å². The standard InChI is InChI=1S/C25H25N5O3S/c26-19(13-16-7-2-1-3-8-16)23(31)28-22(24(32)33)14-17-9-6-10-18(27-17)15-34-25-29-20-11-4-5-12-21(20)30-25/h1-12,19,22H,13-15,26H2,(H,28,31)(H,29,30)(H,32,33). The maximum absolute atomic E-state index is 12.5. The van der Waals surface area contributed by atoms with Gasteiger partial charge in [0.25, 0.3) is 0 Å². The highest BCUT2D eigenvalue weighted by Crippen LogP contribution is 2.22. The van der Waals surface area contributed by atoms with Gasteiger partial charge in [-0.3, -0.25) is 9.78 Å². The molecular formula is C25H25N5O3S. The highest BCUT2D eigenvalue weighted by Gasteiger charge is 2.24. The van der Waals surface area contributed by atoms with Crippen molar-refractivity contribution in [2.24, 2.45) is 5.73 Å². The largest absolute Gasteiger partial charge is 0.480 e. The van der Waals surface area contributed by atoms with Crippen molar-refractivity contribution in [3.63, 3.8) is 0 Å². The number of para-hydroxylation sites is 2. The lowest BCUT2D eigenvalue weighted by Crippen LogP contribution is -2.50. The van der Waals surface area contributed by atoms with Gasteiger partial charge in [0, 0.05) is 17.9 Å². The lowest BCUT2D eigenvalue weighted by Gasteiger charge is -2.18. The highest BCUT2D eigenvalue weighted by molar-refractivity contribution is 7.98. The second kappa shape index (κ2) is 11.0. The van der Waals surface area contributed by atoms with E-state index < -0.39 is 24.0 Å². The third kappa shape index (κ3) is 6.21. The molecule has 0 aliphatic heterocycles. The van der Waals surface area contributed by atoms with Gasteiger partial charge in [-0.15, -0.1) is 0 Å². The van der Waals surface area contributed by atoms with E-state index in [0.717, 1.165) is 27.4 Å². The summed E-state index contributed by atoms with van der Waals surface area (Å²) < 4.78 is 0. The van der Waals surface area contributed by atoms with Crippen molar-refractivity contribution in [2.75, 3.05) is 0 Å². The number of aromatic amines is 1. The fraction of sp³-hybridized carbons (Fsp3) is 0.200. The molecule has 4 aromatic rings. The average molecular weight is 476 g/mol. The zero-order valence-corrected chi connectivity index (χ0v) is 19.2. The van der Waals surface area contributed by atoms with Crippen molar-refractivity contribution >= 4 is 34.7 Å². The van der Waals surface area contributed by atoms with Crippen LogP contribution < -0.4 is 11.1 Å². The summed E-state index contributed by atoms with van der Waals surface area (Å²) >= 11 is 1.52. The first kappa shape index (κ1) is 23.5. The summed E-state index contributed by atoms with van der Waals surface area (Å²) in [6.45, 7) is 0. The summed E-state index contributed by atoms with van der Waals surface area (Å²) in [6, 6.07) is 20.7. The fourth-order valence-electron chi connectivity index (χ4n) is 3.51. The Hall–Kier alpha value is -3.69. The lowest BCUT2D eigenvalue weighted by molar-refractivity contribution is -0.142. The van der Waals surface area contributed by atoms with Crippen LogP contribution in [-0.4, -0.2) is 44.0 Å². The van der Waals surface area contributed by atoms with Crippen molar-refractivity contribution in [1.82, 2.24) is 20.3 Å². The van der Waals surface area contributed by atoms with E-state index in [1.165, 1.54) is 11.8 Å². The molecule has 9 heteroatoms. The zero-order valence-electron chi connectivity index (χ0n) is 18.3. The van der Waals surface area contributed by atoms with E-state index in [0.29, 0.717) is 17.9 Å². The first-order chi connectivity index (χ1) is 16.5. The molecular weight excluding hydrogens is 450 g/mol. The van der Waals surface area contributed by atoms with Gasteiger partial charge in [0.2, 0.25) is 5.91 Å². The molecule has 1 amide bonds. The number of hydrogen-bond donors (Lipinski definition) is 4. The SMILES string of the molecule is NC(Cc1ccccc1)C(=O)NC(Cc1cccc(CSc2nc3ccccc3[nH]2)n1)C(=O)O. The fourth-order valence-corrected chi connectivity index (χ4v) is 4.30. The quantitative estimate of drug-likeness (QED) is 0.259. The molecule has 2 unspecified atom stereocenters. The second-order valence-electron chi connectivity index (χ2n) is 7.87. The molecule has 2 aromatic carbocycles. The number of nitrogens with one attached hydrogen (secondary N) is 2. The van der Waals surface area contributed by atoms with Gasteiger partial charge in [0.1, 0.15) is 6.04 Å². The molecule has 0 aliphatic rings. The van der Waals surface area contributed by atoms with Gasteiger partial charge in [-0.25, -0.2) is 9.78 Å². The van der Waals surface area contributed by atoms with E-state index in [1.54, 1.807) is 6.07 Å². The monoisotopic (exact) mass is 475 g/mol. The number of amides is 1. The molecule has 5 N–H and O–H groups in total. The van der Waals surface area contributed by atoms with E-state index in [2.05, 4.69) is 20.3 Å². The Morgan fingerprint density at radius 2 is 1.68 bits per heavy atom. The van der Waals surface area contributed by atoms with Crippen LogP contribution in [0.3, 0.4) is 0 Å². The molecule has 2 aromatic heterocycles. The van der Waals surface area contributed by atoms with Crippen molar-refractivity contribution < 1.29 is 14.7 Å². The van der Waals surface area contributed by atoms with Gasteiger partial charge in [-0.1, -0.05) is 60.3 Å². The smallest absolute Gasteiger partial charge is 0.326 e. The van der Waals surface area contributed by atoms with Crippen molar-refractivity contribution in [1.29, 1.82) is 0 Å². The van der Waals surface area contributed by atoms with Crippen LogP contribution in [0.25, 0.3) is 11.0 Å². The number of imidazole rings is 1. The predicted molar refractivity (Wildman–Crippen MR) is 131 cm³/mol. The first-order valence-electron chi connectivity index (χ1n) is 10.8. The maximum Gasteiger partial charge on any atom is 0.326 e. The molecule has 0 bridgehead atoms. The number of hydrogen-bond acceptors (Lipinski definition) is 6. The number of thioether (sulfide) groups is 1. The van der Waals surface area contributed by atoms with E-state index in [9.17, 15) is 14.7 Å². The number of carbonyl (C=O) groups excluding carboxylic acids is 1. The van der Waals surface area contributed by atoms with Crippen LogP contribution >= 0.6 is 11.8 Å². The Balaban J connectivity index is 1.36. The number of rotatable bonds is 10. The van der Waals surface area contributed by atoms with Gasteiger partial charge in [-0.05, 0) is 36.2 Å². The molecule has 34 heavy (non-hydrogen) atoms. The molecule has 0 fully saturated rings. The third-order valence-electron chi connectivity index (χ3n) is 5.25. The topological polar surface area (TPSA) is 134 Å². The van der Waals surface area contributed by atoms with E-state index in [-0.39, 0.29) is 6.42 Å². The third-order valence-corrected chi connectivity index (χ3v) is 6.16. The molecule has 2 atom stereocenters. The number of carboxylic acids is 1. The Bertz CT molecular complexity index is 1240. The van der Waals surface area contributed by atoms with Crippen molar-refractivity contribution in [3.05, 3.63) is 89.7 Å². The van der Waals surface area contributed by atoms with Crippen LogP contribution in [-0.2, 0) is 28.2 Å². The summed E-state index contributed by atoms with van der Waals surface area (Å²) in [7, 11) is 0. The average Bonchev–Trinajstić information content (AvgIpc) is 3.26. The molecule has 0 spiro atoms. The number of carbonyl (C=O) groups is 2. The van der Waals surface area contributed by atoms with Crippen molar-refractivity contribution in [2.45, 2.75) is 35.8 Å². The van der Waals surface area contributed by atoms with Crippen LogP contribution in [0.1, 0.15) is 17.0 Å². The van der Waals surface area contributed by atoms with Crippen LogP contribution in [0.15, 0.2) is 78.0 Å². The summed E-state index contributed by atoms with van der Waals surface area (Å²) in [5.41, 5.74) is 10.2. The molecule has 0 radical (unpaired) electrons. The number of aromatic nitrogens is 3. The lowest BCUT2D eigenvalue weighted by atomic mass is 10.0. The van der Waals surface area contributed by atoms with Crippen LogP contribution in [0.2, 0.25) is 0 Å². The second-order valence-corrected chi connectivity index (χ2v) is 8.83. The van der Waals surface area contributed by atoms with Gasteiger partial charge >= 0.3 is 5.97 Å². The van der Waals surface area contributed by atoms with Crippen LogP contribution in [0, 0.1) is 0 Å². The van der Waals surface area contributed by atoms with Crippen molar-refractivity contribution in [3.8, 4) is 0 Å². The number of H-pyrrole nitrogens is 1. The number of nitrogens with zero attached hydrogens (tertiary/aromatic N) is 2. The normalized spacial score (nSPS) is 12.9. The summed E-state index contributed by atoms with van der Waals surface area (Å²) in [6.07, 6.45) is 0.383. The predicted octanol–water partition coefficient (Wildman–Crippen LogP) is 2.93. The summed E-state index contributed by atoms with van der Waals surface area (Å²) in [4.78, 5) is 36.7. The number of pyridine rings is 1. The zero-order chi connectivity index (χ0) is 23.9. The summed E-state index contributed by atoms with van der Waals surface area (Å²) in [5.74, 6) is -1.07. The molecule has 2 heterocycles. The Morgan fingerprint density at radius 1 is 0.941 bits per heavy atom. The minimum Gasteiger partial charge on any atom is -0.480 e. The van der Waals surface area contributed by atoms with E-state index >= 15 is 0 Å². The highest BCUT2D eigenvalue weighted by atomic mass is 32.2. The van der Waals surface area contributed by atoms with Crippen LogP contribution in [0.5, 0.6) is 0 Å². The minimum absolute atomic E-state index is 0.0578. The minimum atomic E-state index is -1.14. The maximum atomic E-state index is 12.5. The first-order valence-corrected chi connectivity index (χ1v) is 11.8. The number of carboxylic acid groups (broad SMARTS) is 1. The number of nitrogens with two attached hydrogens (primary N) is 1. The molecule has 8 nitrogen and oxygen atoms in total. The number of benzene rings is 2.